The molecular weight excluding hydrogens is 247 g/mol. The van der Waals surface area contributed by atoms with E-state index in [0.717, 1.165) is 6.54 Å². The van der Waals surface area contributed by atoms with Crippen LogP contribution in [-0.4, -0.2) is 28.9 Å². The minimum Gasteiger partial charge on any atom is -1.00 e. The molecule has 0 bridgehead atoms. The summed E-state index contributed by atoms with van der Waals surface area (Å²) in [7, 11) is 1.96. The van der Waals surface area contributed by atoms with E-state index in [1.807, 2.05) is 11.9 Å². The maximum Gasteiger partial charge on any atom is 0.156 e. The summed E-state index contributed by atoms with van der Waals surface area (Å²) in [5.74, 6) is 0. The maximum atomic E-state index is 7.27. The van der Waals surface area contributed by atoms with Crippen molar-refractivity contribution < 1.29 is 24.0 Å². The fraction of sp³-hybridized carbons (Fsp3) is 0.800. The van der Waals surface area contributed by atoms with Crippen LogP contribution in [0.5, 0.6) is 0 Å². The van der Waals surface area contributed by atoms with Crippen LogP contribution in [0, 0.1) is 5.41 Å². The van der Waals surface area contributed by atoms with Crippen molar-refractivity contribution in [1.29, 1.82) is 5.41 Å². The molecule has 0 amide bonds. The summed E-state index contributed by atoms with van der Waals surface area (Å²) < 4.78 is 0. The quantitative estimate of drug-likeness (QED) is 0.508. The number of amidine groups is 1. The summed E-state index contributed by atoms with van der Waals surface area (Å²) in [6.45, 7) is 3.17. The van der Waals surface area contributed by atoms with Gasteiger partial charge in [-0.3, -0.25) is 5.41 Å². The summed E-state index contributed by atoms with van der Waals surface area (Å²) in [5, 5.41) is 8.60. The molecule has 1 aliphatic heterocycles. The van der Waals surface area contributed by atoms with Crippen molar-refractivity contribution in [2.24, 2.45) is 0 Å². The van der Waals surface area contributed by atoms with Crippen LogP contribution in [0.1, 0.15) is 6.92 Å². The second-order valence-electron chi connectivity index (χ2n) is 2.11. The van der Waals surface area contributed by atoms with Gasteiger partial charge in [0.05, 0.1) is 0 Å². The summed E-state index contributed by atoms with van der Waals surface area (Å²) in [4.78, 5) is 1.97. The molecule has 2 nitrogen and oxygen atoms in total. The predicted octanol–water partition coefficient (Wildman–Crippen LogP) is -2.01. The van der Waals surface area contributed by atoms with Gasteiger partial charge in [-0.25, -0.2) is 0 Å². The molecule has 0 aromatic carbocycles. The summed E-state index contributed by atoms with van der Waals surface area (Å²) in [5.41, 5.74) is 0. The van der Waals surface area contributed by atoms with Crippen LogP contribution < -0.4 is 24.0 Å². The van der Waals surface area contributed by atoms with Gasteiger partial charge in [-0.05, 0) is 0 Å². The van der Waals surface area contributed by atoms with E-state index in [2.05, 4.69) is 6.92 Å². The van der Waals surface area contributed by atoms with Gasteiger partial charge in [-0.15, -0.1) is 0 Å². The molecule has 1 N–H and O–H groups in total. The molecule has 0 spiro atoms. The largest absolute Gasteiger partial charge is 1.00 e. The highest BCUT2D eigenvalue weighted by molar-refractivity contribution is 8.14. The fourth-order valence-electron chi connectivity index (χ4n) is 0.786. The monoisotopic (exact) mass is 257 g/mol. The van der Waals surface area contributed by atoms with Gasteiger partial charge in [0.2, 0.25) is 0 Å². The number of hydrogen-bond donors (Lipinski definition) is 1. The first-order chi connectivity index (χ1) is 3.70. The molecule has 1 atom stereocenters. The lowest BCUT2D eigenvalue weighted by Gasteiger charge is -2.05. The number of thioether (sulfide) groups is 1. The number of rotatable bonds is 0. The molecule has 1 unspecified atom stereocenters. The normalized spacial score (nSPS) is 26.2. The third kappa shape index (κ3) is 2.33. The topological polar surface area (TPSA) is 27.1 Å². The maximum absolute atomic E-state index is 7.27. The molecule has 54 valence electrons. The summed E-state index contributed by atoms with van der Waals surface area (Å²) in [6.07, 6.45) is 0. The molecule has 1 heterocycles. The minimum absolute atomic E-state index is 0. The van der Waals surface area contributed by atoms with Gasteiger partial charge in [-0.1, -0.05) is 18.7 Å². The third-order valence-electron chi connectivity index (χ3n) is 1.19. The Hall–Kier alpha value is 0.550. The zero-order chi connectivity index (χ0) is 6.15. The highest BCUT2D eigenvalue weighted by Gasteiger charge is 2.19. The number of hydrogen-bond acceptors (Lipinski definition) is 2. The Kier molecular flexibility index (Phi) is 3.88. The average molecular weight is 257 g/mol. The summed E-state index contributed by atoms with van der Waals surface area (Å²) in [6, 6.07) is 0. The number of nitrogens with zero attached hydrogens (tertiary/aromatic N) is 1. The van der Waals surface area contributed by atoms with Gasteiger partial charge in [-0.2, -0.15) is 0 Å². The van der Waals surface area contributed by atoms with Gasteiger partial charge in [0, 0.05) is 18.8 Å². The van der Waals surface area contributed by atoms with Crippen LogP contribution >= 0.6 is 11.8 Å². The second kappa shape index (κ2) is 3.65. The van der Waals surface area contributed by atoms with Crippen molar-refractivity contribution in [1.82, 2.24) is 4.90 Å². The first-order valence-corrected chi connectivity index (χ1v) is 3.54. The molecule has 1 saturated heterocycles. The zero-order valence-electron chi connectivity index (χ0n) is 5.52. The molecule has 0 radical (unpaired) electrons. The van der Waals surface area contributed by atoms with E-state index in [1.54, 1.807) is 11.8 Å². The lowest BCUT2D eigenvalue weighted by atomic mass is 10.4. The molecule has 9 heavy (non-hydrogen) atoms. The first-order valence-electron chi connectivity index (χ1n) is 2.66. The molecule has 1 fully saturated rings. The van der Waals surface area contributed by atoms with Crippen LogP contribution in [0.4, 0.5) is 0 Å². The van der Waals surface area contributed by atoms with Crippen molar-refractivity contribution in [3.63, 3.8) is 0 Å². The van der Waals surface area contributed by atoms with Gasteiger partial charge in [0.15, 0.2) is 5.17 Å². The molecule has 1 aliphatic rings. The van der Waals surface area contributed by atoms with E-state index < -0.39 is 0 Å². The van der Waals surface area contributed by atoms with Crippen LogP contribution in [0.25, 0.3) is 0 Å². The Morgan fingerprint density at radius 2 is 2.33 bits per heavy atom. The van der Waals surface area contributed by atoms with E-state index in [9.17, 15) is 0 Å². The van der Waals surface area contributed by atoms with E-state index >= 15 is 0 Å². The van der Waals surface area contributed by atoms with Gasteiger partial charge in [0.1, 0.15) is 0 Å². The smallest absolute Gasteiger partial charge is 0.156 e. The minimum atomic E-state index is 0. The fourth-order valence-corrected chi connectivity index (χ4v) is 1.72. The average Bonchev–Trinajstić information content (AvgIpc) is 1.85. The highest BCUT2D eigenvalue weighted by atomic mass is 127. The van der Waals surface area contributed by atoms with Crippen LogP contribution in [-0.2, 0) is 0 Å². The van der Waals surface area contributed by atoms with E-state index in [4.69, 9.17) is 5.41 Å². The Labute approximate surface area is 76.9 Å². The molecule has 4 heteroatoms. The number of halogens is 1. The van der Waals surface area contributed by atoms with E-state index in [-0.39, 0.29) is 24.0 Å². The van der Waals surface area contributed by atoms with Gasteiger partial charge < -0.3 is 28.9 Å². The third-order valence-corrected chi connectivity index (χ3v) is 2.28. The molecular formula is C5H10IN2S-. The van der Waals surface area contributed by atoms with Crippen molar-refractivity contribution in [2.45, 2.75) is 12.2 Å². The predicted molar refractivity (Wildman–Crippen MR) is 37.4 cm³/mol. The lowest BCUT2D eigenvalue weighted by molar-refractivity contribution is -0.00000192. The van der Waals surface area contributed by atoms with Crippen molar-refractivity contribution >= 4 is 16.9 Å². The van der Waals surface area contributed by atoms with E-state index in [1.165, 1.54) is 0 Å². The zero-order valence-corrected chi connectivity index (χ0v) is 8.49. The second-order valence-corrected chi connectivity index (χ2v) is 3.54. The van der Waals surface area contributed by atoms with Crippen LogP contribution in [0.15, 0.2) is 0 Å². The highest BCUT2D eigenvalue weighted by Crippen LogP contribution is 2.21. The molecule has 0 aromatic heterocycles. The lowest BCUT2D eigenvalue weighted by Crippen LogP contribution is -3.00. The summed E-state index contributed by atoms with van der Waals surface area (Å²) >= 11 is 1.64. The van der Waals surface area contributed by atoms with Gasteiger partial charge in [0.25, 0.3) is 0 Å². The molecule has 0 aromatic rings. The number of nitrogens with one attached hydrogen (secondary N) is 1. The van der Waals surface area contributed by atoms with Crippen LogP contribution in [0.3, 0.4) is 0 Å². The molecule has 1 rings (SSSR count). The van der Waals surface area contributed by atoms with E-state index in [0.29, 0.717) is 10.4 Å². The van der Waals surface area contributed by atoms with Crippen LogP contribution in [0.2, 0.25) is 0 Å². The standard InChI is InChI=1S/C5H10N2S.HI/c1-4-3-7(2)5(6)8-4;/h4,6H,3H2,1-2H3;1H/p-1. The van der Waals surface area contributed by atoms with Gasteiger partial charge >= 0.3 is 0 Å². The van der Waals surface area contributed by atoms with Crippen molar-refractivity contribution in [3.8, 4) is 0 Å². The Balaban J connectivity index is 0.000000640. The van der Waals surface area contributed by atoms with Crippen molar-refractivity contribution in [3.05, 3.63) is 0 Å². The Morgan fingerprint density at radius 1 is 1.78 bits per heavy atom. The first kappa shape index (κ1) is 9.55. The van der Waals surface area contributed by atoms with Crippen molar-refractivity contribution in [2.75, 3.05) is 13.6 Å². The Morgan fingerprint density at radius 3 is 2.44 bits per heavy atom. The molecule has 0 saturated carbocycles. The SMILES string of the molecule is CC1CN(C)C(=N)S1.[I-]. The Bertz CT molecular complexity index is 118. The molecule has 0 aliphatic carbocycles.